The van der Waals surface area contributed by atoms with E-state index in [2.05, 4.69) is 20.1 Å². The lowest BCUT2D eigenvalue weighted by molar-refractivity contribution is 0.1000. The third-order valence-electron chi connectivity index (χ3n) is 5.71. The van der Waals surface area contributed by atoms with Crippen molar-refractivity contribution in [3.8, 4) is 0 Å². The largest absolute Gasteiger partial charge is 0.366 e. The Morgan fingerprint density at radius 1 is 1.14 bits per heavy atom. The third kappa shape index (κ3) is 3.46. The Kier molecular flexibility index (Phi) is 5.02. The lowest BCUT2D eigenvalue weighted by Crippen LogP contribution is -2.36. The van der Waals surface area contributed by atoms with E-state index in [0.717, 1.165) is 55.9 Å². The molecular formula is C20H26N6O2. The monoisotopic (exact) mass is 382 g/mol. The van der Waals surface area contributed by atoms with Gasteiger partial charge < -0.3 is 20.5 Å². The zero-order valence-corrected chi connectivity index (χ0v) is 16.1. The summed E-state index contributed by atoms with van der Waals surface area (Å²) in [4.78, 5) is 26.3. The smallest absolute Gasteiger partial charge is 0.322 e. The average molecular weight is 382 g/mol. The molecule has 3 heterocycles. The van der Waals surface area contributed by atoms with Crippen molar-refractivity contribution in [1.82, 2.24) is 19.7 Å². The van der Waals surface area contributed by atoms with E-state index in [4.69, 9.17) is 5.73 Å². The fourth-order valence-electron chi connectivity index (χ4n) is 4.13. The number of carbonyl (C=O) groups excluding carboxylic acids is 2. The lowest BCUT2D eigenvalue weighted by Gasteiger charge is -2.25. The van der Waals surface area contributed by atoms with Crippen LogP contribution < -0.4 is 11.1 Å². The van der Waals surface area contributed by atoms with Crippen LogP contribution in [-0.4, -0.2) is 38.1 Å². The highest BCUT2D eigenvalue weighted by Gasteiger charge is 2.34. The van der Waals surface area contributed by atoms with Crippen molar-refractivity contribution in [3.05, 3.63) is 41.0 Å². The predicted octanol–water partition coefficient (Wildman–Crippen LogP) is 2.78. The van der Waals surface area contributed by atoms with Gasteiger partial charge in [-0.15, -0.1) is 10.2 Å². The molecule has 2 aliphatic heterocycles. The van der Waals surface area contributed by atoms with E-state index in [-0.39, 0.29) is 12.1 Å². The van der Waals surface area contributed by atoms with Crippen molar-refractivity contribution in [2.24, 2.45) is 5.73 Å². The molecule has 0 aliphatic carbocycles. The number of amides is 3. The fraction of sp³-hybridized carbons (Fsp3) is 0.500. The standard InChI is InChI=1S/C20H26N6O2/c1-13-8-9-14(18(21)27)12-15(13)22-20(28)25-11-5-6-16(25)19-24-23-17-7-3-2-4-10-26(17)19/h8-9,12,16H,2-7,10-11H2,1H3,(H2,21,27)(H,22,28)/t16-/m0/s1. The Morgan fingerprint density at radius 3 is 2.82 bits per heavy atom. The molecule has 0 radical (unpaired) electrons. The number of likely N-dealkylation sites (tertiary alicyclic amines) is 1. The minimum absolute atomic E-state index is 0.0704. The second-order valence-electron chi connectivity index (χ2n) is 7.61. The van der Waals surface area contributed by atoms with E-state index in [1.165, 1.54) is 6.42 Å². The molecule has 8 nitrogen and oxygen atoms in total. The second-order valence-corrected chi connectivity index (χ2v) is 7.61. The van der Waals surface area contributed by atoms with Crippen LogP contribution in [-0.2, 0) is 13.0 Å². The maximum atomic E-state index is 13.0. The summed E-state index contributed by atoms with van der Waals surface area (Å²) in [5.41, 5.74) is 7.23. The number of aromatic nitrogens is 3. The van der Waals surface area contributed by atoms with Crippen molar-refractivity contribution in [2.75, 3.05) is 11.9 Å². The summed E-state index contributed by atoms with van der Waals surface area (Å²) in [6.07, 6.45) is 6.23. The van der Waals surface area contributed by atoms with E-state index >= 15 is 0 Å². The molecule has 2 aromatic rings. The van der Waals surface area contributed by atoms with Gasteiger partial charge in [0, 0.05) is 30.8 Å². The van der Waals surface area contributed by atoms with Gasteiger partial charge in [0.15, 0.2) is 5.82 Å². The first kappa shape index (κ1) is 18.5. The number of nitrogens with two attached hydrogens (primary N) is 1. The molecule has 1 saturated heterocycles. The van der Waals surface area contributed by atoms with Crippen molar-refractivity contribution < 1.29 is 9.59 Å². The van der Waals surface area contributed by atoms with Gasteiger partial charge in [-0.1, -0.05) is 12.5 Å². The van der Waals surface area contributed by atoms with Crippen LogP contribution >= 0.6 is 0 Å². The van der Waals surface area contributed by atoms with Crippen LogP contribution in [0.4, 0.5) is 10.5 Å². The number of hydrogen-bond acceptors (Lipinski definition) is 4. The molecule has 4 rings (SSSR count). The Labute approximate surface area is 164 Å². The number of urea groups is 1. The number of aryl methyl sites for hydroxylation is 2. The molecule has 1 fully saturated rings. The third-order valence-corrected chi connectivity index (χ3v) is 5.71. The minimum Gasteiger partial charge on any atom is -0.366 e. The fourth-order valence-corrected chi connectivity index (χ4v) is 4.13. The van der Waals surface area contributed by atoms with Crippen molar-refractivity contribution >= 4 is 17.6 Å². The number of rotatable bonds is 3. The molecule has 3 amide bonds. The van der Waals surface area contributed by atoms with Gasteiger partial charge in [0.2, 0.25) is 5.91 Å². The van der Waals surface area contributed by atoms with Gasteiger partial charge in [-0.2, -0.15) is 0 Å². The molecular weight excluding hydrogens is 356 g/mol. The number of anilines is 1. The number of primary amides is 1. The second kappa shape index (κ2) is 7.61. The SMILES string of the molecule is Cc1ccc(C(N)=O)cc1NC(=O)N1CCC[C@H]1c1nnc2n1CCCCC2. The van der Waals surface area contributed by atoms with Crippen LogP contribution in [0, 0.1) is 6.92 Å². The summed E-state index contributed by atoms with van der Waals surface area (Å²) in [5, 5.41) is 11.8. The molecule has 0 bridgehead atoms. The number of benzene rings is 1. The van der Waals surface area contributed by atoms with Crippen LogP contribution in [0.5, 0.6) is 0 Å². The number of carbonyl (C=O) groups is 2. The highest BCUT2D eigenvalue weighted by Crippen LogP contribution is 2.33. The summed E-state index contributed by atoms with van der Waals surface area (Å²) in [5.74, 6) is 1.41. The molecule has 0 unspecified atom stereocenters. The van der Waals surface area contributed by atoms with E-state index in [1.807, 2.05) is 11.8 Å². The van der Waals surface area contributed by atoms with Crippen molar-refractivity contribution in [2.45, 2.75) is 58.0 Å². The van der Waals surface area contributed by atoms with Crippen LogP contribution in [0.25, 0.3) is 0 Å². The van der Waals surface area contributed by atoms with Crippen molar-refractivity contribution in [3.63, 3.8) is 0 Å². The zero-order chi connectivity index (χ0) is 19.7. The molecule has 3 N–H and O–H groups in total. The topological polar surface area (TPSA) is 106 Å². The first-order chi connectivity index (χ1) is 13.5. The van der Waals surface area contributed by atoms with E-state index in [1.54, 1.807) is 18.2 Å². The summed E-state index contributed by atoms with van der Waals surface area (Å²) >= 11 is 0. The Hall–Kier alpha value is -2.90. The van der Waals surface area contributed by atoms with E-state index in [0.29, 0.717) is 17.8 Å². The van der Waals surface area contributed by atoms with Gasteiger partial charge in [0.1, 0.15) is 5.82 Å². The summed E-state index contributed by atoms with van der Waals surface area (Å²) in [7, 11) is 0. The number of fused-ring (bicyclic) bond motifs is 1. The van der Waals surface area contributed by atoms with E-state index < -0.39 is 5.91 Å². The summed E-state index contributed by atoms with van der Waals surface area (Å²) in [6, 6.07) is 4.83. The molecule has 1 atom stereocenters. The first-order valence-corrected chi connectivity index (χ1v) is 9.94. The normalized spacial score (nSPS) is 19.2. The highest BCUT2D eigenvalue weighted by atomic mass is 16.2. The molecule has 28 heavy (non-hydrogen) atoms. The highest BCUT2D eigenvalue weighted by molar-refractivity contribution is 5.96. The van der Waals surface area contributed by atoms with Gasteiger partial charge in [-0.3, -0.25) is 4.79 Å². The number of hydrogen-bond donors (Lipinski definition) is 2. The molecule has 148 valence electrons. The van der Waals surface area contributed by atoms with Gasteiger partial charge >= 0.3 is 6.03 Å². The van der Waals surface area contributed by atoms with Crippen LogP contribution in [0.2, 0.25) is 0 Å². The Balaban J connectivity index is 1.56. The van der Waals surface area contributed by atoms with E-state index in [9.17, 15) is 9.59 Å². The molecule has 1 aromatic heterocycles. The minimum atomic E-state index is -0.513. The van der Waals surface area contributed by atoms with Gasteiger partial charge in [-0.05, 0) is 50.3 Å². The Morgan fingerprint density at radius 2 is 2.00 bits per heavy atom. The zero-order valence-electron chi connectivity index (χ0n) is 16.1. The molecule has 1 aromatic carbocycles. The number of nitrogens with zero attached hydrogens (tertiary/aromatic N) is 4. The number of nitrogens with one attached hydrogen (secondary N) is 1. The molecule has 0 saturated carbocycles. The quantitative estimate of drug-likeness (QED) is 0.851. The van der Waals surface area contributed by atoms with Gasteiger partial charge in [0.05, 0.1) is 6.04 Å². The summed E-state index contributed by atoms with van der Waals surface area (Å²) in [6.45, 7) is 3.48. The van der Waals surface area contributed by atoms with Crippen LogP contribution in [0.3, 0.4) is 0 Å². The van der Waals surface area contributed by atoms with Crippen LogP contribution in [0.1, 0.15) is 65.7 Å². The average Bonchev–Trinajstić information content (AvgIpc) is 3.24. The maximum absolute atomic E-state index is 13.0. The Bertz CT molecular complexity index is 906. The van der Waals surface area contributed by atoms with Crippen molar-refractivity contribution in [1.29, 1.82) is 0 Å². The molecule has 8 heteroatoms. The van der Waals surface area contributed by atoms with Gasteiger partial charge in [0.25, 0.3) is 0 Å². The maximum Gasteiger partial charge on any atom is 0.322 e. The molecule has 2 aliphatic rings. The summed E-state index contributed by atoms with van der Waals surface area (Å²) < 4.78 is 2.21. The predicted molar refractivity (Wildman–Crippen MR) is 105 cm³/mol. The van der Waals surface area contributed by atoms with Gasteiger partial charge in [-0.25, -0.2) is 4.79 Å². The lowest BCUT2D eigenvalue weighted by atomic mass is 10.1. The first-order valence-electron chi connectivity index (χ1n) is 9.94. The van der Waals surface area contributed by atoms with Crippen LogP contribution in [0.15, 0.2) is 18.2 Å². The molecule has 0 spiro atoms.